The van der Waals surface area contributed by atoms with E-state index in [9.17, 15) is 22.8 Å². The van der Waals surface area contributed by atoms with E-state index in [2.05, 4.69) is 10.6 Å². The zero-order chi connectivity index (χ0) is 19.7. The van der Waals surface area contributed by atoms with Crippen LogP contribution in [0.2, 0.25) is 0 Å². The van der Waals surface area contributed by atoms with Crippen molar-refractivity contribution in [1.29, 1.82) is 5.26 Å². The van der Waals surface area contributed by atoms with E-state index in [1.165, 1.54) is 6.07 Å². The van der Waals surface area contributed by atoms with Crippen LogP contribution in [0.4, 0.5) is 24.5 Å². The fraction of sp³-hybridized carbons (Fsp3) is 0.211. The van der Waals surface area contributed by atoms with Gasteiger partial charge in [-0.05, 0) is 49.2 Å². The van der Waals surface area contributed by atoms with Crippen LogP contribution in [0.25, 0.3) is 0 Å². The number of nitrogens with one attached hydrogen (secondary N) is 2. The van der Waals surface area contributed by atoms with E-state index < -0.39 is 29.0 Å². The fourth-order valence-electron chi connectivity index (χ4n) is 2.61. The van der Waals surface area contributed by atoms with Crippen molar-refractivity contribution in [2.24, 2.45) is 5.41 Å². The maximum absolute atomic E-state index is 12.6. The van der Waals surface area contributed by atoms with Gasteiger partial charge in [0.1, 0.15) is 11.5 Å². The fourth-order valence-corrected chi connectivity index (χ4v) is 2.61. The van der Waals surface area contributed by atoms with E-state index >= 15 is 0 Å². The molecule has 0 heterocycles. The molecule has 27 heavy (non-hydrogen) atoms. The van der Waals surface area contributed by atoms with Crippen LogP contribution in [0.1, 0.15) is 24.0 Å². The second-order valence-electron chi connectivity index (χ2n) is 6.22. The average Bonchev–Trinajstić information content (AvgIpc) is 3.44. The van der Waals surface area contributed by atoms with E-state index in [1.54, 1.807) is 18.2 Å². The zero-order valence-corrected chi connectivity index (χ0v) is 13.9. The number of alkyl halides is 3. The highest BCUT2D eigenvalue weighted by atomic mass is 19.4. The molecule has 0 unspecified atom stereocenters. The average molecular weight is 373 g/mol. The van der Waals surface area contributed by atoms with Gasteiger partial charge in [-0.25, -0.2) is 0 Å². The molecule has 0 bridgehead atoms. The summed E-state index contributed by atoms with van der Waals surface area (Å²) in [6, 6.07) is 12.3. The first-order valence-electron chi connectivity index (χ1n) is 8.05. The lowest BCUT2D eigenvalue weighted by Crippen LogP contribution is -2.35. The molecule has 1 aliphatic rings. The molecule has 3 rings (SSSR count). The minimum Gasteiger partial charge on any atom is -0.325 e. The topological polar surface area (TPSA) is 82.0 Å². The number of nitriles is 1. The van der Waals surface area contributed by atoms with Crippen LogP contribution in [0.5, 0.6) is 0 Å². The van der Waals surface area contributed by atoms with Crippen LogP contribution in [0.15, 0.2) is 48.5 Å². The molecular formula is C19H14F3N3O2. The number of benzene rings is 2. The highest BCUT2D eigenvalue weighted by Gasteiger charge is 2.56. The third-order valence-corrected chi connectivity index (χ3v) is 4.39. The normalized spacial score (nSPS) is 14.7. The maximum atomic E-state index is 12.6. The molecule has 0 aliphatic heterocycles. The van der Waals surface area contributed by atoms with Gasteiger partial charge in [0, 0.05) is 5.69 Å². The Balaban J connectivity index is 1.71. The molecule has 0 aromatic heterocycles. The summed E-state index contributed by atoms with van der Waals surface area (Å²) in [5, 5.41) is 14.1. The number of para-hydroxylation sites is 1. The standard InChI is InChI=1S/C19H14F3N3O2/c20-19(21,22)13-5-7-14(8-6-13)24-16(26)18(9-10-18)17(27)25-15-4-2-1-3-12(15)11-23/h1-8H,9-10H2,(H,24,26)(H,25,27). The van der Waals surface area contributed by atoms with Crippen molar-refractivity contribution in [3.05, 3.63) is 59.7 Å². The number of nitrogens with zero attached hydrogens (tertiary/aromatic N) is 1. The predicted octanol–water partition coefficient (Wildman–Crippen LogP) is 3.93. The van der Waals surface area contributed by atoms with Crippen molar-refractivity contribution in [2.45, 2.75) is 19.0 Å². The van der Waals surface area contributed by atoms with E-state index in [-0.39, 0.29) is 11.3 Å². The first kappa shape index (κ1) is 18.5. The Kier molecular flexibility index (Phi) is 4.62. The van der Waals surface area contributed by atoms with E-state index in [0.717, 1.165) is 24.3 Å². The Bertz CT molecular complexity index is 926. The van der Waals surface area contributed by atoms with Crippen molar-refractivity contribution in [2.75, 3.05) is 10.6 Å². The molecule has 2 amide bonds. The molecule has 1 aliphatic carbocycles. The van der Waals surface area contributed by atoms with Crippen molar-refractivity contribution in [3.63, 3.8) is 0 Å². The monoisotopic (exact) mass is 373 g/mol. The van der Waals surface area contributed by atoms with Crippen LogP contribution in [-0.4, -0.2) is 11.8 Å². The number of anilines is 2. The largest absolute Gasteiger partial charge is 0.416 e. The van der Waals surface area contributed by atoms with Gasteiger partial charge in [0.05, 0.1) is 16.8 Å². The van der Waals surface area contributed by atoms with Gasteiger partial charge >= 0.3 is 6.18 Å². The third kappa shape index (κ3) is 3.77. The second kappa shape index (κ2) is 6.76. The Morgan fingerprint density at radius 1 is 0.963 bits per heavy atom. The number of carbonyl (C=O) groups excluding carboxylic acids is 2. The van der Waals surface area contributed by atoms with Gasteiger partial charge in [-0.15, -0.1) is 0 Å². The molecule has 1 fully saturated rings. The lowest BCUT2D eigenvalue weighted by molar-refractivity contribution is -0.137. The number of hydrogen-bond donors (Lipinski definition) is 2. The molecule has 0 atom stereocenters. The van der Waals surface area contributed by atoms with Crippen LogP contribution in [0.3, 0.4) is 0 Å². The van der Waals surface area contributed by atoms with Gasteiger partial charge < -0.3 is 10.6 Å². The first-order valence-corrected chi connectivity index (χ1v) is 8.05. The van der Waals surface area contributed by atoms with Gasteiger partial charge in [0.25, 0.3) is 0 Å². The van der Waals surface area contributed by atoms with Crippen molar-refractivity contribution < 1.29 is 22.8 Å². The summed E-state index contributed by atoms with van der Waals surface area (Å²) in [5.74, 6) is -1.14. The molecule has 2 aromatic carbocycles. The Labute approximate surface area is 152 Å². The Hall–Kier alpha value is -3.34. The molecule has 2 N–H and O–H groups in total. The van der Waals surface area contributed by atoms with Crippen LogP contribution >= 0.6 is 0 Å². The van der Waals surface area contributed by atoms with Gasteiger partial charge in [-0.1, -0.05) is 12.1 Å². The second-order valence-corrected chi connectivity index (χ2v) is 6.22. The molecule has 5 nitrogen and oxygen atoms in total. The quantitative estimate of drug-likeness (QED) is 0.797. The summed E-state index contributed by atoms with van der Waals surface area (Å²) in [7, 11) is 0. The lowest BCUT2D eigenvalue weighted by Gasteiger charge is -2.16. The predicted molar refractivity (Wildman–Crippen MR) is 91.5 cm³/mol. The highest BCUT2D eigenvalue weighted by molar-refractivity contribution is 6.17. The molecule has 138 valence electrons. The van der Waals surface area contributed by atoms with Gasteiger partial charge in [0.2, 0.25) is 11.8 Å². The number of halogens is 3. The minimum absolute atomic E-state index is 0.171. The van der Waals surface area contributed by atoms with Crippen LogP contribution in [-0.2, 0) is 15.8 Å². The summed E-state index contributed by atoms with van der Waals surface area (Å²) in [6.07, 6.45) is -3.83. The molecular weight excluding hydrogens is 359 g/mol. The molecule has 0 radical (unpaired) electrons. The molecule has 0 spiro atoms. The Morgan fingerprint density at radius 3 is 2.11 bits per heavy atom. The van der Waals surface area contributed by atoms with Crippen LogP contribution in [0, 0.1) is 16.7 Å². The highest BCUT2D eigenvalue weighted by Crippen LogP contribution is 2.47. The van der Waals surface area contributed by atoms with Crippen LogP contribution < -0.4 is 10.6 Å². The molecule has 1 saturated carbocycles. The third-order valence-electron chi connectivity index (χ3n) is 4.39. The zero-order valence-electron chi connectivity index (χ0n) is 13.9. The molecule has 8 heteroatoms. The number of carbonyl (C=O) groups is 2. The number of hydrogen-bond acceptors (Lipinski definition) is 3. The van der Waals surface area contributed by atoms with E-state index in [4.69, 9.17) is 5.26 Å². The maximum Gasteiger partial charge on any atom is 0.416 e. The Morgan fingerprint density at radius 2 is 1.56 bits per heavy atom. The lowest BCUT2D eigenvalue weighted by atomic mass is 10.0. The van der Waals surface area contributed by atoms with E-state index in [1.807, 2.05) is 6.07 Å². The van der Waals surface area contributed by atoms with Gasteiger partial charge in [-0.3, -0.25) is 9.59 Å². The molecule has 2 aromatic rings. The summed E-state index contributed by atoms with van der Waals surface area (Å²) in [6.45, 7) is 0. The van der Waals surface area contributed by atoms with E-state index in [0.29, 0.717) is 18.5 Å². The number of rotatable bonds is 4. The first-order chi connectivity index (χ1) is 12.8. The van der Waals surface area contributed by atoms with Crippen molar-refractivity contribution in [1.82, 2.24) is 0 Å². The number of amides is 2. The van der Waals surface area contributed by atoms with Crippen molar-refractivity contribution >= 4 is 23.2 Å². The molecule has 0 saturated heterocycles. The summed E-state index contributed by atoms with van der Waals surface area (Å²) in [4.78, 5) is 25.1. The van der Waals surface area contributed by atoms with Gasteiger partial charge in [0.15, 0.2) is 0 Å². The SMILES string of the molecule is N#Cc1ccccc1NC(=O)C1(C(=O)Nc2ccc(C(F)(F)F)cc2)CC1. The summed E-state index contributed by atoms with van der Waals surface area (Å²) in [5.41, 5.74) is -1.37. The summed E-state index contributed by atoms with van der Waals surface area (Å²) < 4.78 is 37.8. The van der Waals surface area contributed by atoms with Gasteiger partial charge in [-0.2, -0.15) is 18.4 Å². The smallest absolute Gasteiger partial charge is 0.325 e. The minimum atomic E-state index is -4.46. The van der Waals surface area contributed by atoms with Crippen molar-refractivity contribution in [3.8, 4) is 6.07 Å². The summed E-state index contributed by atoms with van der Waals surface area (Å²) >= 11 is 0.